The molecule has 1 aromatic carbocycles. The third-order valence-electron chi connectivity index (χ3n) is 5.55. The largest absolute Gasteiger partial charge is 0.493 e. The first kappa shape index (κ1) is 16.1. The zero-order valence-electron chi connectivity index (χ0n) is 15.8. The van der Waals surface area contributed by atoms with Crippen molar-refractivity contribution >= 4 is 11.0 Å². The maximum absolute atomic E-state index is 5.76. The van der Waals surface area contributed by atoms with Gasteiger partial charge in [0.1, 0.15) is 11.4 Å². The number of fused-ring (bicyclic) bond motifs is 2. The number of hydrogen-bond donors (Lipinski definition) is 1. The zero-order valence-corrected chi connectivity index (χ0v) is 15.8. The van der Waals surface area contributed by atoms with Gasteiger partial charge >= 0.3 is 0 Å². The molecule has 3 aromatic heterocycles. The summed E-state index contributed by atoms with van der Waals surface area (Å²) < 4.78 is 7.69. The van der Waals surface area contributed by atoms with Gasteiger partial charge in [0.05, 0.1) is 12.3 Å². The van der Waals surface area contributed by atoms with Crippen LogP contribution in [0.4, 0.5) is 0 Å². The van der Waals surface area contributed by atoms with E-state index in [9.17, 15) is 0 Å². The Kier molecular flexibility index (Phi) is 3.57. The fourth-order valence-corrected chi connectivity index (χ4v) is 4.10. The van der Waals surface area contributed by atoms with Gasteiger partial charge in [-0.25, -0.2) is 4.98 Å². The highest BCUT2D eigenvalue weighted by Crippen LogP contribution is 2.35. The van der Waals surface area contributed by atoms with Crippen LogP contribution in [0.2, 0.25) is 0 Å². The molecule has 5 nitrogen and oxygen atoms in total. The highest BCUT2D eigenvalue weighted by Gasteiger charge is 2.16. The molecule has 0 saturated heterocycles. The number of H-pyrrole nitrogens is 1. The molecule has 0 radical (unpaired) electrons. The van der Waals surface area contributed by atoms with Crippen LogP contribution in [0, 0.1) is 13.8 Å². The average Bonchev–Trinajstić information content (AvgIpc) is 3.21. The molecule has 0 unspecified atom stereocenters. The summed E-state index contributed by atoms with van der Waals surface area (Å²) in [5.41, 5.74) is 9.01. The molecular formula is C22H22N4O. The van der Waals surface area contributed by atoms with E-state index in [4.69, 9.17) is 4.74 Å². The number of benzene rings is 1. The van der Waals surface area contributed by atoms with Crippen molar-refractivity contribution < 1.29 is 4.74 Å². The lowest BCUT2D eigenvalue weighted by Gasteiger charge is -2.17. The quantitative estimate of drug-likeness (QED) is 0.571. The molecule has 4 aromatic rings. The Morgan fingerprint density at radius 2 is 2.04 bits per heavy atom. The van der Waals surface area contributed by atoms with Crippen LogP contribution in [0.3, 0.4) is 0 Å². The molecule has 1 aliphatic rings. The van der Waals surface area contributed by atoms with Gasteiger partial charge < -0.3 is 9.72 Å². The molecule has 0 atom stereocenters. The molecule has 0 saturated carbocycles. The minimum Gasteiger partial charge on any atom is -0.493 e. The molecule has 5 rings (SSSR count). The van der Waals surface area contributed by atoms with E-state index in [1.807, 2.05) is 24.9 Å². The van der Waals surface area contributed by atoms with Crippen molar-refractivity contribution in [3.8, 4) is 28.0 Å². The lowest BCUT2D eigenvalue weighted by molar-refractivity contribution is 0.288. The van der Waals surface area contributed by atoms with Crippen LogP contribution in [0.25, 0.3) is 33.3 Å². The highest BCUT2D eigenvalue weighted by atomic mass is 16.5. The Balaban J connectivity index is 1.66. The number of aromatic amines is 1. The summed E-state index contributed by atoms with van der Waals surface area (Å²) in [6, 6.07) is 8.71. The van der Waals surface area contributed by atoms with Crippen molar-refractivity contribution in [2.75, 3.05) is 6.61 Å². The van der Waals surface area contributed by atoms with Crippen LogP contribution < -0.4 is 4.74 Å². The molecule has 1 aliphatic heterocycles. The van der Waals surface area contributed by atoms with Crippen molar-refractivity contribution in [1.29, 1.82) is 0 Å². The molecule has 5 heteroatoms. The molecular weight excluding hydrogens is 336 g/mol. The number of nitrogens with one attached hydrogen (secondary N) is 1. The van der Waals surface area contributed by atoms with Crippen LogP contribution in [0.1, 0.15) is 23.4 Å². The Morgan fingerprint density at radius 1 is 1.15 bits per heavy atom. The summed E-state index contributed by atoms with van der Waals surface area (Å²) in [4.78, 5) is 7.98. The zero-order chi connectivity index (χ0) is 18.5. The second-order valence-corrected chi connectivity index (χ2v) is 7.27. The van der Waals surface area contributed by atoms with E-state index in [1.165, 1.54) is 16.7 Å². The predicted octanol–water partition coefficient (Wildman–Crippen LogP) is 4.57. The second kappa shape index (κ2) is 5.98. The molecule has 0 spiro atoms. The van der Waals surface area contributed by atoms with Gasteiger partial charge in [-0.3, -0.25) is 4.68 Å². The highest BCUT2D eigenvalue weighted by molar-refractivity contribution is 5.96. The summed E-state index contributed by atoms with van der Waals surface area (Å²) in [6.45, 7) is 4.96. The van der Waals surface area contributed by atoms with Crippen LogP contribution in [0.5, 0.6) is 5.75 Å². The number of hydrogen-bond acceptors (Lipinski definition) is 3. The standard InChI is InChI=1S/C22H22N4O/c1-13-21(14(2)26(3)25-13)17-10-18-19(12-24-22(18)23-11-17)15-6-7-20-16(9-15)5-4-8-27-20/h6-7,9-12H,4-5,8H2,1-3H3,(H,23,24). The monoisotopic (exact) mass is 358 g/mol. The number of nitrogens with zero attached hydrogens (tertiary/aromatic N) is 3. The van der Waals surface area contributed by atoms with Crippen LogP contribution in [-0.4, -0.2) is 26.4 Å². The average molecular weight is 358 g/mol. The lowest BCUT2D eigenvalue weighted by Crippen LogP contribution is -2.07. The first-order valence-corrected chi connectivity index (χ1v) is 9.35. The van der Waals surface area contributed by atoms with Gasteiger partial charge in [-0.05, 0) is 56.0 Å². The van der Waals surface area contributed by atoms with E-state index in [2.05, 4.69) is 52.5 Å². The van der Waals surface area contributed by atoms with E-state index in [0.29, 0.717) is 0 Å². The van der Waals surface area contributed by atoms with E-state index < -0.39 is 0 Å². The van der Waals surface area contributed by atoms with Gasteiger partial charge in [0.15, 0.2) is 0 Å². The van der Waals surface area contributed by atoms with Crippen LogP contribution in [-0.2, 0) is 13.5 Å². The van der Waals surface area contributed by atoms with Crippen LogP contribution in [0.15, 0.2) is 36.7 Å². The maximum Gasteiger partial charge on any atom is 0.137 e. The lowest BCUT2D eigenvalue weighted by atomic mass is 9.98. The second-order valence-electron chi connectivity index (χ2n) is 7.27. The molecule has 0 fully saturated rings. The third kappa shape index (κ3) is 2.53. The van der Waals surface area contributed by atoms with Crippen molar-refractivity contribution in [3.63, 3.8) is 0 Å². The number of aryl methyl sites for hydroxylation is 3. The van der Waals surface area contributed by atoms with E-state index in [-0.39, 0.29) is 0 Å². The minimum atomic E-state index is 0.816. The fourth-order valence-electron chi connectivity index (χ4n) is 4.10. The van der Waals surface area contributed by atoms with Crippen molar-refractivity contribution in [1.82, 2.24) is 19.7 Å². The predicted molar refractivity (Wildman–Crippen MR) is 107 cm³/mol. The van der Waals surface area contributed by atoms with Crippen molar-refractivity contribution in [2.45, 2.75) is 26.7 Å². The smallest absolute Gasteiger partial charge is 0.137 e. The Bertz CT molecular complexity index is 1170. The summed E-state index contributed by atoms with van der Waals surface area (Å²) in [5, 5.41) is 5.68. The molecule has 0 bridgehead atoms. The summed E-state index contributed by atoms with van der Waals surface area (Å²) in [6.07, 6.45) is 6.13. The fraction of sp³-hybridized carbons (Fsp3) is 0.273. The third-order valence-corrected chi connectivity index (χ3v) is 5.55. The van der Waals surface area contributed by atoms with E-state index in [1.54, 1.807) is 0 Å². The van der Waals surface area contributed by atoms with E-state index in [0.717, 1.165) is 58.7 Å². The number of ether oxygens (including phenoxy) is 1. The minimum absolute atomic E-state index is 0.816. The summed E-state index contributed by atoms with van der Waals surface area (Å²) >= 11 is 0. The van der Waals surface area contributed by atoms with Crippen molar-refractivity contribution in [2.24, 2.45) is 7.05 Å². The first-order valence-electron chi connectivity index (χ1n) is 9.35. The Labute approximate surface area is 158 Å². The number of pyridine rings is 1. The maximum atomic E-state index is 5.76. The molecule has 4 heterocycles. The Hall–Kier alpha value is -3.08. The van der Waals surface area contributed by atoms with Gasteiger partial charge in [0, 0.05) is 47.2 Å². The number of aromatic nitrogens is 4. The SMILES string of the molecule is Cc1nn(C)c(C)c1-c1cnc2[nH]cc(-c3ccc4c(c3)CCCO4)c2c1. The van der Waals surface area contributed by atoms with Gasteiger partial charge in [-0.2, -0.15) is 5.10 Å². The summed E-state index contributed by atoms with van der Waals surface area (Å²) in [7, 11) is 1.98. The van der Waals surface area contributed by atoms with Gasteiger partial charge in [-0.15, -0.1) is 0 Å². The molecule has 136 valence electrons. The first-order chi connectivity index (χ1) is 13.1. The summed E-state index contributed by atoms with van der Waals surface area (Å²) in [5.74, 6) is 1.02. The topological polar surface area (TPSA) is 55.7 Å². The number of rotatable bonds is 2. The molecule has 0 aliphatic carbocycles. The Morgan fingerprint density at radius 3 is 2.85 bits per heavy atom. The van der Waals surface area contributed by atoms with Gasteiger partial charge in [0.25, 0.3) is 0 Å². The normalized spacial score (nSPS) is 13.6. The van der Waals surface area contributed by atoms with Gasteiger partial charge in [-0.1, -0.05) is 6.07 Å². The van der Waals surface area contributed by atoms with E-state index >= 15 is 0 Å². The van der Waals surface area contributed by atoms with Crippen LogP contribution >= 0.6 is 0 Å². The molecule has 27 heavy (non-hydrogen) atoms. The molecule has 1 N–H and O–H groups in total. The molecule has 0 amide bonds. The van der Waals surface area contributed by atoms with Crippen molar-refractivity contribution in [3.05, 3.63) is 53.6 Å². The van der Waals surface area contributed by atoms with Gasteiger partial charge in [0.2, 0.25) is 0 Å².